The number of hydrogen-bond donors (Lipinski definition) is 2. The topological polar surface area (TPSA) is 72.2 Å². The Morgan fingerprint density at radius 3 is 2.57 bits per heavy atom. The van der Waals surface area contributed by atoms with Gasteiger partial charge in [0.05, 0.1) is 4.90 Å². The molecule has 112 valence electrons. The van der Waals surface area contributed by atoms with Crippen LogP contribution in [0.4, 0.5) is 0 Å². The van der Waals surface area contributed by atoms with E-state index in [0.29, 0.717) is 11.6 Å². The van der Waals surface area contributed by atoms with Gasteiger partial charge in [0.15, 0.2) is 0 Å². The van der Waals surface area contributed by atoms with E-state index in [9.17, 15) is 8.42 Å². The third-order valence-corrected chi connectivity index (χ3v) is 4.33. The molecule has 21 heavy (non-hydrogen) atoms. The van der Waals surface area contributed by atoms with Crippen molar-refractivity contribution in [3.8, 4) is 0 Å². The van der Waals surface area contributed by atoms with E-state index in [1.807, 2.05) is 37.3 Å². The van der Waals surface area contributed by atoms with E-state index < -0.39 is 10.0 Å². The van der Waals surface area contributed by atoms with Crippen molar-refractivity contribution in [3.63, 3.8) is 0 Å². The summed E-state index contributed by atoms with van der Waals surface area (Å²) in [5.41, 5.74) is 1.93. The quantitative estimate of drug-likeness (QED) is 0.888. The summed E-state index contributed by atoms with van der Waals surface area (Å²) in [6, 6.07) is 14.2. The zero-order valence-electron chi connectivity index (χ0n) is 11.6. The molecular weight excluding hydrogens is 308 g/mol. The molecule has 0 amide bonds. The SMILES string of the molecule is CC(NCc1cccc(Cl)c1)c1cccc(S(N)(=O)=O)c1. The van der Waals surface area contributed by atoms with Crippen LogP contribution in [0.5, 0.6) is 0 Å². The largest absolute Gasteiger partial charge is 0.306 e. The molecule has 1 unspecified atom stereocenters. The molecule has 3 N–H and O–H groups in total. The second-order valence-electron chi connectivity index (χ2n) is 4.85. The minimum atomic E-state index is -3.68. The van der Waals surface area contributed by atoms with Crippen molar-refractivity contribution in [1.29, 1.82) is 0 Å². The second-order valence-corrected chi connectivity index (χ2v) is 6.85. The molecule has 2 aromatic carbocycles. The lowest BCUT2D eigenvalue weighted by molar-refractivity contribution is 0.572. The Kier molecular flexibility index (Phi) is 5.00. The number of rotatable bonds is 5. The Hall–Kier alpha value is -1.40. The van der Waals surface area contributed by atoms with E-state index in [4.69, 9.17) is 16.7 Å². The van der Waals surface area contributed by atoms with Gasteiger partial charge in [-0.15, -0.1) is 0 Å². The van der Waals surface area contributed by atoms with Gasteiger partial charge < -0.3 is 5.32 Å². The Balaban J connectivity index is 2.08. The Bertz CT molecular complexity index is 732. The van der Waals surface area contributed by atoms with Gasteiger partial charge in [-0.3, -0.25) is 0 Å². The third-order valence-electron chi connectivity index (χ3n) is 3.19. The average Bonchev–Trinajstić information content (AvgIpc) is 2.44. The number of primary sulfonamides is 1. The molecule has 0 aromatic heterocycles. The highest BCUT2D eigenvalue weighted by Gasteiger charge is 2.11. The van der Waals surface area contributed by atoms with Crippen LogP contribution in [0.25, 0.3) is 0 Å². The maximum Gasteiger partial charge on any atom is 0.238 e. The fraction of sp³-hybridized carbons (Fsp3) is 0.200. The lowest BCUT2D eigenvalue weighted by Gasteiger charge is -2.15. The first-order chi connectivity index (χ1) is 9.86. The van der Waals surface area contributed by atoms with Gasteiger partial charge in [-0.05, 0) is 42.3 Å². The minimum Gasteiger partial charge on any atom is -0.306 e. The van der Waals surface area contributed by atoms with Crippen LogP contribution >= 0.6 is 11.6 Å². The molecule has 0 radical (unpaired) electrons. The third kappa shape index (κ3) is 4.54. The minimum absolute atomic E-state index is 0.00863. The van der Waals surface area contributed by atoms with Gasteiger partial charge in [-0.1, -0.05) is 35.9 Å². The van der Waals surface area contributed by atoms with E-state index in [2.05, 4.69) is 5.32 Å². The summed E-state index contributed by atoms with van der Waals surface area (Å²) in [7, 11) is -3.68. The summed E-state index contributed by atoms with van der Waals surface area (Å²) in [6.45, 7) is 2.61. The molecule has 2 aromatic rings. The summed E-state index contributed by atoms with van der Waals surface area (Å²) < 4.78 is 22.7. The van der Waals surface area contributed by atoms with Crippen LogP contribution < -0.4 is 10.5 Å². The standard InChI is InChI=1S/C15H17ClN2O2S/c1-11(18-10-12-4-2-6-14(16)8-12)13-5-3-7-15(9-13)21(17,19)20/h2-9,11,18H,10H2,1H3,(H2,17,19,20). The highest BCUT2D eigenvalue weighted by Crippen LogP contribution is 2.18. The molecule has 4 nitrogen and oxygen atoms in total. The van der Waals surface area contributed by atoms with Crippen LogP contribution in [-0.4, -0.2) is 8.42 Å². The molecule has 0 heterocycles. The van der Waals surface area contributed by atoms with Gasteiger partial charge in [0, 0.05) is 17.6 Å². The van der Waals surface area contributed by atoms with Crippen molar-refractivity contribution in [2.75, 3.05) is 0 Å². The molecule has 0 aliphatic heterocycles. The van der Waals surface area contributed by atoms with E-state index in [1.54, 1.807) is 12.1 Å². The molecule has 0 aliphatic carbocycles. The number of benzene rings is 2. The maximum atomic E-state index is 11.4. The maximum absolute atomic E-state index is 11.4. The number of nitrogens with two attached hydrogens (primary N) is 1. The number of sulfonamides is 1. The van der Waals surface area contributed by atoms with Gasteiger partial charge in [-0.25, -0.2) is 13.6 Å². The van der Waals surface area contributed by atoms with E-state index in [1.165, 1.54) is 6.07 Å². The zero-order chi connectivity index (χ0) is 15.5. The predicted molar refractivity (Wildman–Crippen MR) is 84.5 cm³/mol. The smallest absolute Gasteiger partial charge is 0.238 e. The van der Waals surface area contributed by atoms with Crippen molar-refractivity contribution in [1.82, 2.24) is 5.32 Å². The Morgan fingerprint density at radius 2 is 1.90 bits per heavy atom. The molecule has 0 bridgehead atoms. The molecular formula is C15H17ClN2O2S. The van der Waals surface area contributed by atoms with Crippen LogP contribution in [0, 0.1) is 0 Å². The van der Waals surface area contributed by atoms with Crippen molar-refractivity contribution >= 4 is 21.6 Å². The molecule has 0 spiro atoms. The van der Waals surface area contributed by atoms with Gasteiger partial charge in [0.1, 0.15) is 0 Å². The summed E-state index contributed by atoms with van der Waals surface area (Å²) in [4.78, 5) is 0.122. The fourth-order valence-corrected chi connectivity index (χ4v) is 2.78. The highest BCUT2D eigenvalue weighted by atomic mass is 35.5. The van der Waals surface area contributed by atoms with Crippen molar-refractivity contribution in [3.05, 3.63) is 64.7 Å². The lowest BCUT2D eigenvalue weighted by atomic mass is 10.1. The van der Waals surface area contributed by atoms with Crippen LogP contribution in [0.3, 0.4) is 0 Å². The van der Waals surface area contributed by atoms with Crippen molar-refractivity contribution in [2.24, 2.45) is 5.14 Å². The van der Waals surface area contributed by atoms with Crippen LogP contribution in [0.2, 0.25) is 5.02 Å². The first-order valence-corrected chi connectivity index (χ1v) is 8.39. The first-order valence-electron chi connectivity index (χ1n) is 6.47. The van der Waals surface area contributed by atoms with Gasteiger partial charge >= 0.3 is 0 Å². The van der Waals surface area contributed by atoms with E-state index in [-0.39, 0.29) is 10.9 Å². The lowest BCUT2D eigenvalue weighted by Crippen LogP contribution is -2.19. The molecule has 0 fully saturated rings. The van der Waals surface area contributed by atoms with E-state index in [0.717, 1.165) is 11.1 Å². The van der Waals surface area contributed by atoms with Crippen LogP contribution in [-0.2, 0) is 16.6 Å². The normalized spacial score (nSPS) is 13.1. The predicted octanol–water partition coefficient (Wildman–Crippen LogP) is 2.84. The number of nitrogens with one attached hydrogen (secondary N) is 1. The van der Waals surface area contributed by atoms with Crippen LogP contribution in [0.15, 0.2) is 53.4 Å². The first kappa shape index (κ1) is 16.0. The van der Waals surface area contributed by atoms with Gasteiger partial charge in [-0.2, -0.15) is 0 Å². The van der Waals surface area contributed by atoms with E-state index >= 15 is 0 Å². The zero-order valence-corrected chi connectivity index (χ0v) is 13.2. The molecule has 1 atom stereocenters. The summed E-state index contributed by atoms with van der Waals surface area (Å²) in [5, 5.41) is 9.16. The summed E-state index contributed by atoms with van der Waals surface area (Å²) in [5.74, 6) is 0. The second kappa shape index (κ2) is 6.58. The average molecular weight is 325 g/mol. The van der Waals surface area contributed by atoms with Gasteiger partial charge in [0.2, 0.25) is 10.0 Å². The van der Waals surface area contributed by atoms with Crippen molar-refractivity contribution < 1.29 is 8.42 Å². The molecule has 2 rings (SSSR count). The molecule has 0 saturated carbocycles. The number of halogens is 1. The molecule has 0 aliphatic rings. The highest BCUT2D eigenvalue weighted by molar-refractivity contribution is 7.89. The Morgan fingerprint density at radius 1 is 1.19 bits per heavy atom. The van der Waals surface area contributed by atoms with Crippen molar-refractivity contribution in [2.45, 2.75) is 24.4 Å². The summed E-state index contributed by atoms with van der Waals surface area (Å²) >= 11 is 5.94. The van der Waals surface area contributed by atoms with Gasteiger partial charge in [0.25, 0.3) is 0 Å². The Labute approximate surface area is 130 Å². The number of hydrogen-bond acceptors (Lipinski definition) is 3. The molecule has 0 saturated heterocycles. The fourth-order valence-electron chi connectivity index (χ4n) is 2.00. The molecule has 6 heteroatoms. The summed E-state index contributed by atoms with van der Waals surface area (Å²) in [6.07, 6.45) is 0. The van der Waals surface area contributed by atoms with Crippen LogP contribution in [0.1, 0.15) is 24.1 Å². The monoisotopic (exact) mass is 324 g/mol.